The fraction of sp³-hybridized carbons (Fsp3) is 0.227. The first-order valence-corrected chi connectivity index (χ1v) is 10.9. The maximum absolute atomic E-state index is 15.4. The Morgan fingerprint density at radius 1 is 1.34 bits per heavy atom. The Morgan fingerprint density at radius 3 is 2.81 bits per heavy atom. The van der Waals surface area contributed by atoms with Crippen molar-refractivity contribution in [2.24, 2.45) is 5.73 Å². The third kappa shape index (κ3) is 3.02. The molecule has 0 bridgehead atoms. The van der Waals surface area contributed by atoms with Gasteiger partial charge in [0.05, 0.1) is 30.1 Å². The molecular formula is C22H20FN5O3S. The third-order valence-electron chi connectivity index (χ3n) is 5.71. The molecule has 0 amide bonds. The van der Waals surface area contributed by atoms with Gasteiger partial charge in [-0.05, 0) is 41.8 Å². The summed E-state index contributed by atoms with van der Waals surface area (Å²) in [5.41, 5.74) is 7.40. The molecule has 1 aliphatic rings. The molecule has 4 aromatic heterocycles. The van der Waals surface area contributed by atoms with Crippen LogP contribution in [0.15, 0.2) is 45.6 Å². The van der Waals surface area contributed by atoms with Gasteiger partial charge in [-0.3, -0.25) is 14.2 Å². The van der Waals surface area contributed by atoms with E-state index < -0.39 is 17.1 Å². The molecule has 0 saturated heterocycles. The lowest BCUT2D eigenvalue weighted by molar-refractivity contribution is 0.414. The van der Waals surface area contributed by atoms with Gasteiger partial charge in [-0.25, -0.2) is 9.18 Å². The van der Waals surface area contributed by atoms with E-state index in [0.29, 0.717) is 15.8 Å². The zero-order chi connectivity index (χ0) is 22.6. The highest BCUT2D eigenvalue weighted by Crippen LogP contribution is 2.45. The van der Waals surface area contributed by atoms with Crippen molar-refractivity contribution in [1.29, 1.82) is 0 Å². The monoisotopic (exact) mass is 453 g/mol. The van der Waals surface area contributed by atoms with Crippen LogP contribution in [0.25, 0.3) is 27.1 Å². The molecule has 164 valence electrons. The minimum absolute atomic E-state index is 0.0411. The van der Waals surface area contributed by atoms with E-state index in [4.69, 9.17) is 16.3 Å². The van der Waals surface area contributed by atoms with E-state index in [0.717, 1.165) is 39.6 Å². The van der Waals surface area contributed by atoms with Crippen LogP contribution in [0.5, 0.6) is 5.75 Å². The highest BCUT2D eigenvalue weighted by atomic mass is 32.1. The Hall–Kier alpha value is -3.50. The minimum Gasteiger partial charge on any atom is -0.494 e. The lowest BCUT2D eigenvalue weighted by atomic mass is 10.0. The Kier molecular flexibility index (Phi) is 4.83. The van der Waals surface area contributed by atoms with E-state index >= 15 is 4.39 Å². The van der Waals surface area contributed by atoms with Gasteiger partial charge in [0.15, 0.2) is 11.6 Å². The van der Waals surface area contributed by atoms with E-state index in [1.165, 1.54) is 18.4 Å². The second-order valence-corrected chi connectivity index (χ2v) is 8.56. The molecule has 4 aromatic rings. The number of halogens is 1. The van der Waals surface area contributed by atoms with Crippen LogP contribution >= 0.6 is 11.3 Å². The van der Waals surface area contributed by atoms with Gasteiger partial charge in [-0.2, -0.15) is 4.68 Å². The number of thiophene rings is 1. The molecule has 0 aliphatic heterocycles. The smallest absolute Gasteiger partial charge is 0.354 e. The van der Waals surface area contributed by atoms with Gasteiger partial charge in [0.2, 0.25) is 0 Å². The van der Waals surface area contributed by atoms with Crippen molar-refractivity contribution in [3.63, 3.8) is 0 Å². The van der Waals surface area contributed by atoms with Crippen LogP contribution in [-0.2, 0) is 6.54 Å². The summed E-state index contributed by atoms with van der Waals surface area (Å²) in [6, 6.07) is 5.56. The first-order chi connectivity index (χ1) is 15.5. The maximum Gasteiger partial charge on any atom is 0.354 e. The van der Waals surface area contributed by atoms with E-state index in [1.807, 2.05) is 18.2 Å². The SMILES string of the molecule is COc1c(-c2csc(-c3cccnc3CN)c2)c(F)cn2c(=O)n(N)c(=O)c(C3CC3)c12. The van der Waals surface area contributed by atoms with Gasteiger partial charge in [-0.1, -0.05) is 6.07 Å². The van der Waals surface area contributed by atoms with Crippen molar-refractivity contribution in [1.82, 2.24) is 14.1 Å². The number of nitrogens with zero attached hydrogens (tertiary/aromatic N) is 3. The molecule has 0 radical (unpaired) electrons. The molecule has 0 spiro atoms. The summed E-state index contributed by atoms with van der Waals surface area (Å²) in [6.07, 6.45) is 4.33. The van der Waals surface area contributed by atoms with Crippen molar-refractivity contribution in [3.8, 4) is 27.3 Å². The number of ether oxygens (including phenoxy) is 1. The molecule has 0 aromatic carbocycles. The average molecular weight is 453 g/mol. The standard InChI is InChI=1S/C22H20FN5O3S/c1-31-20-17(12-7-16(32-10-12)13-3-2-6-26-15(13)8-24)14(23)9-27-19(20)18(11-4-5-11)21(29)28(25)22(27)30/h2-3,6-7,9-11H,4-5,8,24-25H2,1H3. The second kappa shape index (κ2) is 7.57. The Morgan fingerprint density at radius 2 is 2.12 bits per heavy atom. The topological polar surface area (TPSA) is 118 Å². The number of methoxy groups -OCH3 is 1. The zero-order valence-electron chi connectivity index (χ0n) is 17.2. The van der Waals surface area contributed by atoms with E-state index in [9.17, 15) is 9.59 Å². The number of hydrogen-bond acceptors (Lipinski definition) is 7. The van der Waals surface area contributed by atoms with Crippen molar-refractivity contribution < 1.29 is 9.13 Å². The number of pyridine rings is 2. The number of rotatable bonds is 5. The van der Waals surface area contributed by atoms with Crippen LogP contribution in [0.2, 0.25) is 0 Å². The van der Waals surface area contributed by atoms with Crippen LogP contribution < -0.4 is 27.6 Å². The Bertz CT molecular complexity index is 1490. The summed E-state index contributed by atoms with van der Waals surface area (Å²) in [4.78, 5) is 30.6. The summed E-state index contributed by atoms with van der Waals surface area (Å²) in [7, 11) is 1.40. The summed E-state index contributed by atoms with van der Waals surface area (Å²) in [5.74, 6) is 5.13. The van der Waals surface area contributed by atoms with Crippen molar-refractivity contribution in [2.75, 3.05) is 13.0 Å². The number of fused-ring (bicyclic) bond motifs is 1. The summed E-state index contributed by atoms with van der Waals surface area (Å²) < 4.78 is 22.6. The van der Waals surface area contributed by atoms with Crippen molar-refractivity contribution >= 4 is 16.9 Å². The first-order valence-electron chi connectivity index (χ1n) is 10.0. The van der Waals surface area contributed by atoms with Crippen molar-refractivity contribution in [2.45, 2.75) is 25.3 Å². The molecule has 1 fully saturated rings. The number of aromatic nitrogens is 3. The number of nitrogen functional groups attached to an aromatic ring is 1. The fourth-order valence-corrected chi connectivity index (χ4v) is 5.00. The quantitative estimate of drug-likeness (QED) is 0.448. The predicted molar refractivity (Wildman–Crippen MR) is 121 cm³/mol. The summed E-state index contributed by atoms with van der Waals surface area (Å²) >= 11 is 1.42. The van der Waals surface area contributed by atoms with Crippen molar-refractivity contribution in [3.05, 3.63) is 73.9 Å². The molecule has 10 heteroatoms. The van der Waals surface area contributed by atoms with Gasteiger partial charge >= 0.3 is 5.69 Å². The lowest BCUT2D eigenvalue weighted by Crippen LogP contribution is -2.44. The number of hydrogen-bond donors (Lipinski definition) is 2. The largest absolute Gasteiger partial charge is 0.494 e. The average Bonchev–Trinajstić information content (AvgIpc) is 3.53. The van der Waals surface area contributed by atoms with Crippen LogP contribution in [0.4, 0.5) is 4.39 Å². The van der Waals surface area contributed by atoms with Crippen LogP contribution in [0.1, 0.15) is 30.0 Å². The number of nitrogens with two attached hydrogens (primary N) is 2. The summed E-state index contributed by atoms with van der Waals surface area (Å²) in [5, 5.41) is 1.80. The highest BCUT2D eigenvalue weighted by molar-refractivity contribution is 7.14. The van der Waals surface area contributed by atoms with E-state index in [-0.39, 0.29) is 29.3 Å². The van der Waals surface area contributed by atoms with E-state index in [2.05, 4.69) is 4.98 Å². The Balaban J connectivity index is 1.80. The molecule has 32 heavy (non-hydrogen) atoms. The van der Waals surface area contributed by atoms with Gasteiger partial charge < -0.3 is 16.3 Å². The maximum atomic E-state index is 15.4. The molecule has 0 unspecified atom stereocenters. The molecule has 4 heterocycles. The van der Waals surface area contributed by atoms with Crippen LogP contribution in [-0.4, -0.2) is 21.2 Å². The van der Waals surface area contributed by atoms with Gasteiger partial charge in [0.1, 0.15) is 5.52 Å². The van der Waals surface area contributed by atoms with Crippen LogP contribution in [0, 0.1) is 5.82 Å². The van der Waals surface area contributed by atoms with Gasteiger partial charge in [-0.15, -0.1) is 11.3 Å². The molecule has 0 atom stereocenters. The molecule has 8 nitrogen and oxygen atoms in total. The molecule has 1 saturated carbocycles. The normalized spacial score (nSPS) is 13.6. The Labute approximate surface area is 185 Å². The first kappa shape index (κ1) is 20.4. The molecule has 5 rings (SSSR count). The molecule has 4 N–H and O–H groups in total. The van der Waals surface area contributed by atoms with Crippen LogP contribution in [0.3, 0.4) is 0 Å². The van der Waals surface area contributed by atoms with E-state index in [1.54, 1.807) is 11.6 Å². The predicted octanol–water partition coefficient (Wildman–Crippen LogP) is 2.45. The molecular weight excluding hydrogens is 433 g/mol. The van der Waals surface area contributed by atoms with Gasteiger partial charge in [0.25, 0.3) is 5.56 Å². The molecule has 1 aliphatic carbocycles. The minimum atomic E-state index is -0.827. The fourth-order valence-electron chi connectivity index (χ4n) is 4.06. The lowest BCUT2D eigenvalue weighted by Gasteiger charge is -2.16. The third-order valence-corrected chi connectivity index (χ3v) is 6.67. The summed E-state index contributed by atoms with van der Waals surface area (Å²) in [6.45, 7) is 0.274. The van der Waals surface area contributed by atoms with Gasteiger partial charge in [0, 0.05) is 23.2 Å². The second-order valence-electron chi connectivity index (χ2n) is 7.65. The zero-order valence-corrected chi connectivity index (χ0v) is 18.0. The highest BCUT2D eigenvalue weighted by Gasteiger charge is 2.33.